The van der Waals surface area contributed by atoms with Crippen molar-refractivity contribution in [1.82, 2.24) is 0 Å². The van der Waals surface area contributed by atoms with Gasteiger partial charge in [-0.25, -0.2) is 8.42 Å². The number of anilines is 1. The van der Waals surface area contributed by atoms with E-state index in [-0.39, 0.29) is 10.6 Å². The third-order valence-electron chi connectivity index (χ3n) is 2.69. The molecule has 0 saturated heterocycles. The first kappa shape index (κ1) is 14.2. The lowest BCUT2D eigenvalue weighted by Crippen LogP contribution is -2.14. The van der Waals surface area contributed by atoms with Gasteiger partial charge in [-0.2, -0.15) is 0 Å². The van der Waals surface area contributed by atoms with Crippen molar-refractivity contribution in [3.63, 3.8) is 0 Å². The zero-order valence-electron chi connectivity index (χ0n) is 11.2. The zero-order valence-corrected chi connectivity index (χ0v) is 12.0. The summed E-state index contributed by atoms with van der Waals surface area (Å²) in [6, 6.07) is 13.3. The molecular weight excluding hydrogens is 278 g/mol. The summed E-state index contributed by atoms with van der Waals surface area (Å²) in [5.74, 6) is 0.702. The van der Waals surface area contributed by atoms with Crippen LogP contribution in [-0.4, -0.2) is 22.6 Å². The van der Waals surface area contributed by atoms with E-state index in [1.165, 1.54) is 20.3 Å². The van der Waals surface area contributed by atoms with E-state index in [2.05, 4.69) is 4.72 Å². The first-order valence-corrected chi connectivity index (χ1v) is 7.35. The number of sulfonamides is 1. The minimum Gasteiger partial charge on any atom is -0.497 e. The Morgan fingerprint density at radius 1 is 0.950 bits per heavy atom. The smallest absolute Gasteiger partial charge is 0.265 e. The van der Waals surface area contributed by atoms with E-state index in [0.29, 0.717) is 11.4 Å². The molecule has 0 amide bonds. The number of methoxy groups -OCH3 is 2. The summed E-state index contributed by atoms with van der Waals surface area (Å²) in [5, 5.41) is 0. The standard InChI is InChI=1S/C14H15NO4S/c1-18-12-8-9-13(19-2)14(10-12)20(16,17)15-11-6-4-3-5-7-11/h3-10,15H,1-2H3. The second-order valence-electron chi connectivity index (χ2n) is 3.99. The van der Waals surface area contributed by atoms with Gasteiger partial charge in [0.25, 0.3) is 10.0 Å². The van der Waals surface area contributed by atoms with Gasteiger partial charge < -0.3 is 9.47 Å². The number of rotatable bonds is 5. The molecule has 0 fully saturated rings. The average molecular weight is 293 g/mol. The molecule has 0 heterocycles. The number of ether oxygens (including phenoxy) is 2. The second kappa shape index (κ2) is 5.83. The summed E-state index contributed by atoms with van der Waals surface area (Å²) in [6.07, 6.45) is 0. The molecule has 5 nitrogen and oxygen atoms in total. The van der Waals surface area contributed by atoms with Crippen LogP contribution in [0.15, 0.2) is 53.4 Å². The number of hydrogen-bond acceptors (Lipinski definition) is 4. The maximum atomic E-state index is 12.4. The molecule has 0 spiro atoms. The Morgan fingerprint density at radius 3 is 2.25 bits per heavy atom. The minimum atomic E-state index is -3.74. The molecule has 0 aliphatic heterocycles. The number of nitrogens with one attached hydrogen (secondary N) is 1. The molecule has 20 heavy (non-hydrogen) atoms. The second-order valence-corrected chi connectivity index (χ2v) is 5.64. The van der Waals surface area contributed by atoms with Gasteiger partial charge in [0.2, 0.25) is 0 Å². The fraction of sp³-hybridized carbons (Fsp3) is 0.143. The Kier molecular flexibility index (Phi) is 4.14. The highest BCUT2D eigenvalue weighted by molar-refractivity contribution is 7.92. The van der Waals surface area contributed by atoms with Crippen molar-refractivity contribution in [2.75, 3.05) is 18.9 Å². The molecule has 1 N–H and O–H groups in total. The normalized spacial score (nSPS) is 10.9. The van der Waals surface area contributed by atoms with Gasteiger partial charge in [0, 0.05) is 11.8 Å². The lowest BCUT2D eigenvalue weighted by molar-refractivity contribution is 0.392. The molecule has 2 rings (SSSR count). The van der Waals surface area contributed by atoms with Crippen molar-refractivity contribution >= 4 is 15.7 Å². The van der Waals surface area contributed by atoms with Gasteiger partial charge in [-0.05, 0) is 24.3 Å². The minimum absolute atomic E-state index is 0.0307. The maximum Gasteiger partial charge on any atom is 0.265 e. The van der Waals surface area contributed by atoms with Crippen LogP contribution in [0.1, 0.15) is 0 Å². The first-order valence-electron chi connectivity index (χ1n) is 5.87. The highest BCUT2D eigenvalue weighted by Gasteiger charge is 2.20. The van der Waals surface area contributed by atoms with Crippen LogP contribution in [0.5, 0.6) is 11.5 Å². The predicted octanol–water partition coefficient (Wildman–Crippen LogP) is 2.50. The van der Waals surface area contributed by atoms with Gasteiger partial charge in [0.15, 0.2) is 0 Å². The molecule has 0 saturated carbocycles. The van der Waals surface area contributed by atoms with Gasteiger partial charge in [-0.1, -0.05) is 18.2 Å². The Balaban J connectivity index is 2.43. The van der Waals surface area contributed by atoms with E-state index in [1.54, 1.807) is 36.4 Å². The van der Waals surface area contributed by atoms with Crippen molar-refractivity contribution in [2.24, 2.45) is 0 Å². The predicted molar refractivity (Wildman–Crippen MR) is 76.8 cm³/mol. The highest BCUT2D eigenvalue weighted by Crippen LogP contribution is 2.29. The molecule has 0 atom stereocenters. The molecule has 2 aromatic rings. The van der Waals surface area contributed by atoms with Crippen LogP contribution in [0.4, 0.5) is 5.69 Å². The van der Waals surface area contributed by atoms with Crippen molar-refractivity contribution in [3.8, 4) is 11.5 Å². The summed E-state index contributed by atoms with van der Waals surface area (Å²) >= 11 is 0. The Bertz CT molecular complexity index is 684. The maximum absolute atomic E-state index is 12.4. The third-order valence-corrected chi connectivity index (χ3v) is 4.09. The number of benzene rings is 2. The molecule has 2 aromatic carbocycles. The van der Waals surface area contributed by atoms with Gasteiger partial charge in [0.05, 0.1) is 14.2 Å². The monoisotopic (exact) mass is 293 g/mol. The van der Waals surface area contributed by atoms with Crippen molar-refractivity contribution in [3.05, 3.63) is 48.5 Å². The van der Waals surface area contributed by atoms with E-state index in [9.17, 15) is 8.42 Å². The van der Waals surface area contributed by atoms with Crippen LogP contribution in [-0.2, 0) is 10.0 Å². The van der Waals surface area contributed by atoms with Crippen LogP contribution >= 0.6 is 0 Å². The van der Waals surface area contributed by atoms with E-state index < -0.39 is 10.0 Å². The molecule has 0 aliphatic rings. The summed E-state index contributed by atoms with van der Waals surface area (Å²) in [6.45, 7) is 0. The summed E-state index contributed by atoms with van der Waals surface area (Å²) < 4.78 is 37.4. The molecule has 0 bridgehead atoms. The zero-order chi connectivity index (χ0) is 14.6. The van der Waals surface area contributed by atoms with Crippen molar-refractivity contribution in [1.29, 1.82) is 0 Å². The summed E-state index contributed by atoms with van der Waals surface area (Å²) in [4.78, 5) is 0.0307. The molecule has 0 unspecified atom stereocenters. The SMILES string of the molecule is COc1ccc(OC)c(S(=O)(=O)Nc2ccccc2)c1. The lowest BCUT2D eigenvalue weighted by Gasteiger charge is -2.12. The summed E-state index contributed by atoms with van der Waals surface area (Å²) in [7, 11) is -0.849. The molecular formula is C14H15NO4S. The lowest BCUT2D eigenvalue weighted by atomic mass is 10.3. The molecule has 0 aliphatic carbocycles. The molecule has 6 heteroatoms. The quantitative estimate of drug-likeness (QED) is 0.920. The number of para-hydroxylation sites is 1. The fourth-order valence-corrected chi connectivity index (χ4v) is 2.95. The van der Waals surface area contributed by atoms with Gasteiger partial charge >= 0.3 is 0 Å². The van der Waals surface area contributed by atoms with Crippen LogP contribution in [0.2, 0.25) is 0 Å². The first-order chi connectivity index (χ1) is 9.56. The van der Waals surface area contributed by atoms with Crippen LogP contribution in [0, 0.1) is 0 Å². The van der Waals surface area contributed by atoms with E-state index in [0.717, 1.165) is 0 Å². The summed E-state index contributed by atoms with van der Waals surface area (Å²) in [5.41, 5.74) is 0.484. The van der Waals surface area contributed by atoms with Gasteiger partial charge in [0.1, 0.15) is 16.4 Å². The Hall–Kier alpha value is -2.21. The van der Waals surface area contributed by atoms with Crippen LogP contribution in [0.25, 0.3) is 0 Å². The van der Waals surface area contributed by atoms with Crippen LogP contribution in [0.3, 0.4) is 0 Å². The average Bonchev–Trinajstić information content (AvgIpc) is 2.47. The topological polar surface area (TPSA) is 64.6 Å². The van der Waals surface area contributed by atoms with E-state index in [1.807, 2.05) is 6.07 Å². The highest BCUT2D eigenvalue weighted by atomic mass is 32.2. The van der Waals surface area contributed by atoms with Crippen molar-refractivity contribution in [2.45, 2.75) is 4.90 Å². The number of hydrogen-bond donors (Lipinski definition) is 1. The molecule has 106 valence electrons. The van der Waals surface area contributed by atoms with Crippen molar-refractivity contribution < 1.29 is 17.9 Å². The van der Waals surface area contributed by atoms with E-state index >= 15 is 0 Å². The van der Waals surface area contributed by atoms with Gasteiger partial charge in [-0.15, -0.1) is 0 Å². The fourth-order valence-electron chi connectivity index (χ4n) is 1.71. The van der Waals surface area contributed by atoms with Gasteiger partial charge in [-0.3, -0.25) is 4.72 Å². The largest absolute Gasteiger partial charge is 0.497 e. The Morgan fingerprint density at radius 2 is 1.65 bits per heavy atom. The molecule has 0 radical (unpaired) electrons. The van der Waals surface area contributed by atoms with Crippen LogP contribution < -0.4 is 14.2 Å². The Labute approximate surface area is 118 Å². The third kappa shape index (κ3) is 3.03. The molecule has 0 aromatic heterocycles. The van der Waals surface area contributed by atoms with E-state index in [4.69, 9.17) is 9.47 Å².